The van der Waals surface area contributed by atoms with Crippen molar-refractivity contribution in [3.05, 3.63) is 29.8 Å². The smallest absolute Gasteiger partial charge is 0.340 e. The Morgan fingerprint density at radius 1 is 1.24 bits per heavy atom. The van der Waals surface area contributed by atoms with E-state index in [1.165, 1.54) is 4.90 Å². The third-order valence-corrected chi connectivity index (χ3v) is 4.42. The van der Waals surface area contributed by atoms with Gasteiger partial charge in [0.2, 0.25) is 0 Å². The number of para-hydroxylation sites is 1. The number of rotatable bonds is 4. The molecule has 0 saturated carbocycles. The van der Waals surface area contributed by atoms with Crippen molar-refractivity contribution in [1.82, 2.24) is 9.80 Å². The van der Waals surface area contributed by atoms with E-state index in [1.54, 1.807) is 38.2 Å². The maximum absolute atomic E-state index is 12.4. The molecule has 0 aliphatic carbocycles. The molecule has 2 rings (SSSR count). The van der Waals surface area contributed by atoms with Gasteiger partial charge in [0.25, 0.3) is 0 Å². The Morgan fingerprint density at radius 2 is 1.88 bits per heavy atom. The van der Waals surface area contributed by atoms with Gasteiger partial charge < -0.3 is 19.9 Å². The fraction of sp³-hybridized carbons (Fsp3) is 0.500. The van der Waals surface area contributed by atoms with Crippen molar-refractivity contribution in [2.24, 2.45) is 0 Å². The van der Waals surface area contributed by atoms with Crippen LogP contribution in [-0.4, -0.2) is 67.4 Å². The van der Waals surface area contributed by atoms with Crippen LogP contribution in [0.25, 0.3) is 0 Å². The normalized spacial score (nSPS) is 15.5. The van der Waals surface area contributed by atoms with Gasteiger partial charge in [-0.15, -0.1) is 0 Å². The number of piperidine rings is 1. The highest BCUT2D eigenvalue weighted by Gasteiger charge is 2.28. The van der Waals surface area contributed by atoms with Crippen LogP contribution >= 0.6 is 0 Å². The molecule has 1 aromatic rings. The number of likely N-dealkylation sites (tertiary alicyclic amines) is 1. The van der Waals surface area contributed by atoms with Crippen LogP contribution < -0.4 is 5.32 Å². The lowest BCUT2D eigenvalue weighted by Crippen LogP contribution is -2.48. The molecule has 25 heavy (non-hydrogen) atoms. The number of ether oxygens (including phenoxy) is 1. The first kappa shape index (κ1) is 18.9. The second kappa shape index (κ2) is 8.62. The van der Waals surface area contributed by atoms with Gasteiger partial charge in [-0.25, -0.2) is 4.79 Å². The maximum atomic E-state index is 12.4. The Balaban J connectivity index is 2.04. The quantitative estimate of drug-likeness (QED) is 0.657. The third kappa shape index (κ3) is 4.79. The van der Waals surface area contributed by atoms with E-state index in [-0.39, 0.29) is 23.9 Å². The summed E-state index contributed by atoms with van der Waals surface area (Å²) in [4.78, 5) is 40.4. The van der Waals surface area contributed by atoms with Crippen LogP contribution in [0.15, 0.2) is 24.3 Å². The lowest BCUT2D eigenvalue weighted by atomic mass is 10.0. The fourth-order valence-electron chi connectivity index (χ4n) is 2.86. The topological polar surface area (TPSA) is 78.9 Å². The lowest BCUT2D eigenvalue weighted by molar-refractivity contribution is -0.144. The van der Waals surface area contributed by atoms with Crippen LogP contribution in [0.2, 0.25) is 0 Å². The molecule has 1 aliphatic rings. The fourth-order valence-corrected chi connectivity index (χ4v) is 2.86. The van der Waals surface area contributed by atoms with Crippen LogP contribution in [0.3, 0.4) is 0 Å². The Morgan fingerprint density at radius 3 is 2.52 bits per heavy atom. The molecule has 1 fully saturated rings. The summed E-state index contributed by atoms with van der Waals surface area (Å²) in [6.07, 6.45) is 1.68. The van der Waals surface area contributed by atoms with E-state index < -0.39 is 17.8 Å². The summed E-state index contributed by atoms with van der Waals surface area (Å²) in [6.45, 7) is 3.74. The zero-order valence-electron chi connectivity index (χ0n) is 14.9. The number of carbonyl (C=O) groups is 3. The van der Waals surface area contributed by atoms with Crippen molar-refractivity contribution in [1.29, 1.82) is 0 Å². The van der Waals surface area contributed by atoms with E-state index in [2.05, 4.69) is 10.2 Å². The molecule has 7 heteroatoms. The molecule has 1 N–H and O–H groups in total. The molecule has 0 spiro atoms. The zero-order valence-corrected chi connectivity index (χ0v) is 14.9. The van der Waals surface area contributed by atoms with Crippen LogP contribution in [-0.2, 0) is 14.3 Å². The molecule has 0 bridgehead atoms. The summed E-state index contributed by atoms with van der Waals surface area (Å²) in [5, 5.41) is 2.54. The molecule has 136 valence electrons. The Hall–Kier alpha value is -2.41. The molecule has 0 radical (unpaired) electrons. The van der Waals surface area contributed by atoms with E-state index >= 15 is 0 Å². The van der Waals surface area contributed by atoms with Gasteiger partial charge in [-0.2, -0.15) is 0 Å². The van der Waals surface area contributed by atoms with Crippen LogP contribution in [0.1, 0.15) is 30.1 Å². The number of anilines is 1. The highest BCUT2D eigenvalue weighted by Crippen LogP contribution is 2.18. The van der Waals surface area contributed by atoms with Gasteiger partial charge in [0.05, 0.1) is 17.9 Å². The highest BCUT2D eigenvalue weighted by molar-refractivity contribution is 6.39. The Kier molecular flexibility index (Phi) is 6.52. The molecule has 1 saturated heterocycles. The number of carbonyl (C=O) groups excluding carboxylic acids is 3. The zero-order chi connectivity index (χ0) is 18.4. The van der Waals surface area contributed by atoms with Gasteiger partial charge in [-0.1, -0.05) is 12.1 Å². The van der Waals surface area contributed by atoms with E-state index in [4.69, 9.17) is 4.74 Å². The molecule has 0 unspecified atom stereocenters. The number of hydrogen-bond acceptors (Lipinski definition) is 5. The van der Waals surface area contributed by atoms with Gasteiger partial charge in [0.15, 0.2) is 0 Å². The van der Waals surface area contributed by atoms with Crippen LogP contribution in [0.5, 0.6) is 0 Å². The molecule has 1 heterocycles. The summed E-state index contributed by atoms with van der Waals surface area (Å²) in [6, 6.07) is 6.54. The van der Waals surface area contributed by atoms with Gasteiger partial charge in [0, 0.05) is 13.1 Å². The van der Waals surface area contributed by atoms with Crippen molar-refractivity contribution in [2.75, 3.05) is 39.1 Å². The minimum Gasteiger partial charge on any atom is -0.462 e. The average molecular weight is 347 g/mol. The standard InChI is InChI=1S/C18H25N3O4/c1-4-25-18(24)14-7-5-6-8-15(14)19-16(22)17(23)21(3)13-9-11-20(2)12-10-13/h5-8,13H,4,9-12H2,1-3H3,(H,19,22). The van der Waals surface area contributed by atoms with E-state index in [0.717, 1.165) is 25.9 Å². The van der Waals surface area contributed by atoms with Crippen LogP contribution in [0.4, 0.5) is 5.69 Å². The molecule has 1 aromatic carbocycles. The Bertz CT molecular complexity index is 639. The predicted octanol–water partition coefficient (Wildman–Crippen LogP) is 1.35. The number of nitrogens with zero attached hydrogens (tertiary/aromatic N) is 2. The van der Waals surface area contributed by atoms with Crippen molar-refractivity contribution in [3.63, 3.8) is 0 Å². The summed E-state index contributed by atoms with van der Waals surface area (Å²) >= 11 is 0. The number of amides is 2. The number of hydrogen-bond donors (Lipinski definition) is 1. The van der Waals surface area contributed by atoms with E-state index in [0.29, 0.717) is 0 Å². The van der Waals surface area contributed by atoms with Crippen molar-refractivity contribution >= 4 is 23.5 Å². The summed E-state index contributed by atoms with van der Waals surface area (Å²) in [5.74, 6) is -1.89. The van der Waals surface area contributed by atoms with Gasteiger partial charge in [-0.05, 0) is 52.0 Å². The molecule has 2 amide bonds. The monoisotopic (exact) mass is 347 g/mol. The molecular formula is C18H25N3O4. The molecular weight excluding hydrogens is 322 g/mol. The second-order valence-electron chi connectivity index (χ2n) is 6.17. The maximum Gasteiger partial charge on any atom is 0.340 e. The van der Waals surface area contributed by atoms with Crippen molar-refractivity contribution in [3.8, 4) is 0 Å². The summed E-state index contributed by atoms with van der Waals surface area (Å²) < 4.78 is 4.97. The minimum atomic E-state index is -0.752. The van der Waals surface area contributed by atoms with E-state index in [9.17, 15) is 14.4 Å². The SMILES string of the molecule is CCOC(=O)c1ccccc1NC(=O)C(=O)N(C)C1CCN(C)CC1. The number of likely N-dealkylation sites (N-methyl/N-ethyl adjacent to an activating group) is 1. The number of benzene rings is 1. The van der Waals surface area contributed by atoms with Gasteiger partial charge >= 0.3 is 17.8 Å². The van der Waals surface area contributed by atoms with Crippen molar-refractivity contribution < 1.29 is 19.1 Å². The first-order chi connectivity index (χ1) is 11.9. The largest absolute Gasteiger partial charge is 0.462 e. The Labute approximate surface area is 147 Å². The second-order valence-corrected chi connectivity index (χ2v) is 6.17. The number of nitrogens with one attached hydrogen (secondary N) is 1. The molecule has 0 aromatic heterocycles. The summed E-state index contributed by atoms with van der Waals surface area (Å²) in [7, 11) is 3.69. The third-order valence-electron chi connectivity index (χ3n) is 4.42. The minimum absolute atomic E-state index is 0.0507. The van der Waals surface area contributed by atoms with Gasteiger partial charge in [-0.3, -0.25) is 9.59 Å². The first-order valence-corrected chi connectivity index (χ1v) is 8.46. The summed E-state index contributed by atoms with van der Waals surface area (Å²) in [5.41, 5.74) is 0.503. The molecule has 1 aliphatic heterocycles. The average Bonchev–Trinajstić information content (AvgIpc) is 2.61. The predicted molar refractivity (Wildman–Crippen MR) is 94.3 cm³/mol. The van der Waals surface area contributed by atoms with E-state index in [1.807, 2.05) is 7.05 Å². The lowest BCUT2D eigenvalue weighted by Gasteiger charge is -2.34. The first-order valence-electron chi connectivity index (χ1n) is 8.46. The highest BCUT2D eigenvalue weighted by atomic mass is 16.5. The molecule has 7 nitrogen and oxygen atoms in total. The number of esters is 1. The van der Waals surface area contributed by atoms with Gasteiger partial charge in [0.1, 0.15) is 0 Å². The van der Waals surface area contributed by atoms with Crippen LogP contribution in [0, 0.1) is 0 Å². The molecule has 0 atom stereocenters. The van der Waals surface area contributed by atoms with Crippen molar-refractivity contribution in [2.45, 2.75) is 25.8 Å².